The first-order valence-corrected chi connectivity index (χ1v) is 5.75. The maximum absolute atomic E-state index is 10.2. The third kappa shape index (κ3) is 5.85. The van der Waals surface area contributed by atoms with Crippen molar-refractivity contribution in [1.82, 2.24) is 0 Å². The fourth-order valence-corrected chi connectivity index (χ4v) is 1.18. The minimum atomic E-state index is -4.78. The van der Waals surface area contributed by atoms with Crippen LogP contribution in [-0.2, 0) is 9.09 Å². The van der Waals surface area contributed by atoms with Crippen LogP contribution in [0.25, 0.3) is 0 Å². The topological polar surface area (TPSA) is 168 Å². The molecule has 1 unspecified atom stereocenters. The summed E-state index contributed by atoms with van der Waals surface area (Å²) < 4.78 is 14.1. The molecule has 9 nitrogen and oxygen atoms in total. The lowest BCUT2D eigenvalue weighted by molar-refractivity contribution is -0.122. The van der Waals surface area contributed by atoms with E-state index in [0.717, 1.165) is 0 Å². The molecular weight excluding hydrogens is 247 g/mol. The molecular formula is C6H15O9P. The van der Waals surface area contributed by atoms with Crippen molar-refractivity contribution >= 4 is 7.82 Å². The normalized spacial score (nSPS) is 20.2. The van der Waals surface area contributed by atoms with Crippen molar-refractivity contribution in [3.8, 4) is 0 Å². The minimum Gasteiger partial charge on any atom is -0.394 e. The van der Waals surface area contributed by atoms with Gasteiger partial charge in [-0.25, -0.2) is 4.57 Å². The van der Waals surface area contributed by atoms with Crippen molar-refractivity contribution < 1.29 is 44.4 Å². The molecule has 0 aliphatic carbocycles. The highest BCUT2D eigenvalue weighted by molar-refractivity contribution is 7.46. The number of hydrogen-bond acceptors (Lipinski definition) is 7. The second-order valence-corrected chi connectivity index (χ2v) is 4.32. The smallest absolute Gasteiger partial charge is 0.394 e. The molecule has 0 spiro atoms. The second kappa shape index (κ2) is 6.60. The molecule has 0 saturated heterocycles. The molecule has 0 aromatic carbocycles. The number of phosphoric acid groups is 1. The van der Waals surface area contributed by atoms with E-state index in [-0.39, 0.29) is 0 Å². The van der Waals surface area contributed by atoms with Gasteiger partial charge in [0.1, 0.15) is 24.4 Å². The first-order valence-electron chi connectivity index (χ1n) is 4.22. The van der Waals surface area contributed by atoms with Crippen molar-refractivity contribution in [2.24, 2.45) is 0 Å². The monoisotopic (exact) mass is 262 g/mol. The van der Waals surface area contributed by atoms with Gasteiger partial charge in [0, 0.05) is 0 Å². The Bertz CT molecular complexity index is 240. The summed E-state index contributed by atoms with van der Waals surface area (Å²) in [5, 5.41) is 44.8. The molecule has 98 valence electrons. The predicted octanol–water partition coefficient (Wildman–Crippen LogP) is -3.47. The average Bonchev–Trinajstić information content (AvgIpc) is 2.21. The average molecular weight is 262 g/mol. The second-order valence-electron chi connectivity index (χ2n) is 3.08. The van der Waals surface area contributed by atoms with E-state index in [1.807, 2.05) is 0 Å². The zero-order valence-corrected chi connectivity index (χ0v) is 9.01. The minimum absolute atomic E-state index is 0.843. The van der Waals surface area contributed by atoms with Crippen LogP contribution in [-0.4, -0.2) is 72.9 Å². The van der Waals surface area contributed by atoms with Crippen LogP contribution in [0.2, 0.25) is 0 Å². The molecule has 10 heteroatoms. The van der Waals surface area contributed by atoms with Crippen LogP contribution in [0, 0.1) is 0 Å². The van der Waals surface area contributed by atoms with Crippen LogP contribution in [0.15, 0.2) is 0 Å². The molecule has 4 atom stereocenters. The fourth-order valence-electron chi connectivity index (χ4n) is 0.835. The highest BCUT2D eigenvalue weighted by Gasteiger charge is 2.31. The molecule has 0 amide bonds. The third-order valence-electron chi connectivity index (χ3n) is 1.74. The number of aliphatic hydroxyl groups is 5. The summed E-state index contributed by atoms with van der Waals surface area (Å²) >= 11 is 0. The van der Waals surface area contributed by atoms with E-state index in [0.29, 0.717) is 0 Å². The van der Waals surface area contributed by atoms with Crippen molar-refractivity contribution in [2.45, 2.75) is 24.4 Å². The molecule has 0 aliphatic rings. The first kappa shape index (κ1) is 15.9. The third-order valence-corrected chi connectivity index (χ3v) is 2.22. The molecule has 16 heavy (non-hydrogen) atoms. The van der Waals surface area contributed by atoms with Crippen LogP contribution in [0.3, 0.4) is 0 Å². The SMILES string of the molecule is O=P(O)(O)OC[C@@H](O)[C@@H](O)[C@H](O)C(O)CO. The Labute approximate surface area is 90.8 Å². The van der Waals surface area contributed by atoms with E-state index in [4.69, 9.17) is 30.2 Å². The van der Waals surface area contributed by atoms with E-state index in [9.17, 15) is 9.67 Å². The lowest BCUT2D eigenvalue weighted by atomic mass is 10.0. The van der Waals surface area contributed by atoms with Gasteiger partial charge in [-0.15, -0.1) is 0 Å². The highest BCUT2D eigenvalue weighted by Crippen LogP contribution is 2.35. The van der Waals surface area contributed by atoms with Gasteiger partial charge >= 0.3 is 7.82 Å². The molecule has 7 N–H and O–H groups in total. The lowest BCUT2D eigenvalue weighted by Crippen LogP contribution is -2.47. The van der Waals surface area contributed by atoms with Gasteiger partial charge in [-0.05, 0) is 0 Å². The molecule has 0 rings (SSSR count). The quantitative estimate of drug-likeness (QED) is 0.230. The van der Waals surface area contributed by atoms with Gasteiger partial charge in [-0.2, -0.15) is 0 Å². The van der Waals surface area contributed by atoms with E-state index in [1.165, 1.54) is 0 Å². The standard InChI is InChI=1S/C6H15O9P/c7-1-3(8)5(10)6(11)4(9)2-15-16(12,13)14/h3-11H,1-2H2,(H2,12,13,14)/t3?,4-,5-,6-/m1/s1. The Morgan fingerprint density at radius 1 is 1.00 bits per heavy atom. The van der Waals surface area contributed by atoms with Gasteiger partial charge in [-0.3, -0.25) is 4.52 Å². The zero-order chi connectivity index (χ0) is 12.9. The predicted molar refractivity (Wildman–Crippen MR) is 49.1 cm³/mol. The highest BCUT2D eigenvalue weighted by atomic mass is 31.2. The molecule has 0 aromatic rings. The summed E-state index contributed by atoms with van der Waals surface area (Å²) in [4.78, 5) is 16.6. The largest absolute Gasteiger partial charge is 0.469 e. The molecule has 0 radical (unpaired) electrons. The van der Waals surface area contributed by atoms with Crippen molar-refractivity contribution in [1.29, 1.82) is 0 Å². The summed E-state index contributed by atoms with van der Waals surface area (Å²) in [6, 6.07) is 0. The summed E-state index contributed by atoms with van der Waals surface area (Å²) in [5.74, 6) is 0. The zero-order valence-electron chi connectivity index (χ0n) is 8.12. The number of phosphoric ester groups is 1. The molecule has 0 heterocycles. The summed E-state index contributed by atoms with van der Waals surface area (Å²) in [7, 11) is -4.78. The maximum atomic E-state index is 10.2. The van der Waals surface area contributed by atoms with Gasteiger partial charge in [0.05, 0.1) is 13.2 Å². The van der Waals surface area contributed by atoms with Gasteiger partial charge in [-0.1, -0.05) is 0 Å². The number of rotatable bonds is 7. The fraction of sp³-hybridized carbons (Fsp3) is 1.00. The molecule has 0 aromatic heterocycles. The maximum Gasteiger partial charge on any atom is 0.469 e. The van der Waals surface area contributed by atoms with E-state index in [1.54, 1.807) is 0 Å². The first-order chi connectivity index (χ1) is 7.19. The van der Waals surface area contributed by atoms with E-state index >= 15 is 0 Å². The molecule has 0 aliphatic heterocycles. The van der Waals surface area contributed by atoms with Gasteiger partial charge < -0.3 is 35.3 Å². The summed E-state index contributed by atoms with van der Waals surface area (Å²) in [6.45, 7) is -1.77. The number of hydrogen-bond donors (Lipinski definition) is 7. The Hall–Kier alpha value is -0.0900. The molecule has 0 saturated carbocycles. The van der Waals surface area contributed by atoms with Gasteiger partial charge in [0.15, 0.2) is 0 Å². The Balaban J connectivity index is 4.17. The van der Waals surface area contributed by atoms with Gasteiger partial charge in [0.25, 0.3) is 0 Å². The van der Waals surface area contributed by atoms with Crippen LogP contribution in [0.1, 0.15) is 0 Å². The summed E-state index contributed by atoms with van der Waals surface area (Å²) in [5.41, 5.74) is 0. The van der Waals surface area contributed by atoms with E-state index in [2.05, 4.69) is 4.52 Å². The summed E-state index contributed by atoms with van der Waals surface area (Å²) in [6.07, 6.45) is -7.27. The lowest BCUT2D eigenvalue weighted by Gasteiger charge is -2.25. The van der Waals surface area contributed by atoms with Crippen LogP contribution in [0.4, 0.5) is 0 Å². The van der Waals surface area contributed by atoms with Crippen LogP contribution < -0.4 is 0 Å². The van der Waals surface area contributed by atoms with Crippen molar-refractivity contribution in [3.63, 3.8) is 0 Å². The van der Waals surface area contributed by atoms with Crippen molar-refractivity contribution in [3.05, 3.63) is 0 Å². The van der Waals surface area contributed by atoms with E-state index < -0.39 is 45.5 Å². The van der Waals surface area contributed by atoms with Gasteiger partial charge in [0.2, 0.25) is 0 Å². The molecule has 0 fully saturated rings. The number of aliphatic hydroxyl groups excluding tert-OH is 5. The Morgan fingerprint density at radius 2 is 1.44 bits per heavy atom. The van der Waals surface area contributed by atoms with Crippen LogP contribution in [0.5, 0.6) is 0 Å². The van der Waals surface area contributed by atoms with Crippen molar-refractivity contribution in [2.75, 3.05) is 13.2 Å². The van der Waals surface area contributed by atoms with Crippen LogP contribution >= 0.6 is 7.82 Å². The Morgan fingerprint density at radius 3 is 1.81 bits per heavy atom. The Kier molecular flexibility index (Phi) is 6.56. The molecule has 0 bridgehead atoms.